The molecule has 0 bridgehead atoms. The number of aliphatic hydroxyl groups is 1. The molecule has 1 aromatic heterocycles. The number of aliphatic hydroxyl groups excluding tert-OH is 1. The maximum Gasteiger partial charge on any atom is 0.263 e. The summed E-state index contributed by atoms with van der Waals surface area (Å²) in [7, 11) is 0. The van der Waals surface area contributed by atoms with Gasteiger partial charge in [-0.05, 0) is 19.8 Å². The molecular weight excluding hydrogens is 236 g/mol. The summed E-state index contributed by atoms with van der Waals surface area (Å²) in [4.78, 5) is 16.7. The van der Waals surface area contributed by atoms with E-state index < -0.39 is 0 Å². The third kappa shape index (κ3) is 4.44. The van der Waals surface area contributed by atoms with Crippen molar-refractivity contribution in [3.8, 4) is 0 Å². The van der Waals surface area contributed by atoms with Crippen LogP contribution in [0.3, 0.4) is 0 Å². The first kappa shape index (κ1) is 14.1. The zero-order valence-corrected chi connectivity index (χ0v) is 11.4. The van der Waals surface area contributed by atoms with Crippen molar-refractivity contribution in [2.45, 2.75) is 45.6 Å². The lowest BCUT2D eigenvalue weighted by molar-refractivity contribution is 0.0940. The number of nitrogens with one attached hydrogen (secondary N) is 1. The Bertz CT molecular complexity index is 363. The Labute approximate surface area is 106 Å². The second-order valence-corrected chi connectivity index (χ2v) is 5.52. The molecule has 0 saturated heterocycles. The van der Waals surface area contributed by atoms with E-state index in [1.54, 1.807) is 6.20 Å². The van der Waals surface area contributed by atoms with Gasteiger partial charge >= 0.3 is 0 Å². The molecule has 0 aromatic carbocycles. The Morgan fingerprint density at radius 1 is 1.53 bits per heavy atom. The Morgan fingerprint density at radius 3 is 2.76 bits per heavy atom. The summed E-state index contributed by atoms with van der Waals surface area (Å²) >= 11 is 1.44. The van der Waals surface area contributed by atoms with Gasteiger partial charge in [-0.1, -0.05) is 13.8 Å². The maximum atomic E-state index is 11.9. The molecule has 0 aliphatic heterocycles. The third-order valence-electron chi connectivity index (χ3n) is 2.41. The molecule has 1 rings (SSSR count). The second-order valence-electron chi connectivity index (χ2n) is 4.46. The molecule has 1 unspecified atom stereocenters. The van der Waals surface area contributed by atoms with Crippen LogP contribution in [0.1, 0.15) is 54.2 Å². The number of amides is 1. The predicted octanol–water partition coefficient (Wildman–Crippen LogP) is 2.16. The summed E-state index contributed by atoms with van der Waals surface area (Å²) in [5.74, 6) is 0.285. The molecule has 0 aliphatic carbocycles. The smallest absolute Gasteiger partial charge is 0.263 e. The van der Waals surface area contributed by atoms with Crippen LogP contribution in [0.5, 0.6) is 0 Å². The fraction of sp³-hybridized carbons (Fsp3) is 0.667. The molecule has 1 heterocycles. The van der Waals surface area contributed by atoms with Crippen LogP contribution in [0.4, 0.5) is 0 Å². The highest BCUT2D eigenvalue weighted by Crippen LogP contribution is 2.20. The molecule has 17 heavy (non-hydrogen) atoms. The standard InChI is InChI=1S/C12H20N2O2S/c1-8(2)12-13-7-10(17-12)11(16)14-9(3)5-4-6-15/h7-9,15H,4-6H2,1-3H3,(H,14,16). The minimum absolute atomic E-state index is 0.0696. The van der Waals surface area contributed by atoms with Crippen molar-refractivity contribution in [3.05, 3.63) is 16.1 Å². The molecule has 1 atom stereocenters. The summed E-state index contributed by atoms with van der Waals surface area (Å²) in [6, 6.07) is 0.0826. The van der Waals surface area contributed by atoms with Crippen molar-refractivity contribution >= 4 is 17.2 Å². The van der Waals surface area contributed by atoms with Gasteiger partial charge in [0.25, 0.3) is 5.91 Å². The summed E-state index contributed by atoms with van der Waals surface area (Å²) in [5, 5.41) is 12.6. The monoisotopic (exact) mass is 256 g/mol. The molecule has 2 N–H and O–H groups in total. The van der Waals surface area contributed by atoms with Gasteiger partial charge in [0.05, 0.1) is 11.2 Å². The molecular formula is C12H20N2O2S. The summed E-state index contributed by atoms with van der Waals surface area (Å²) < 4.78 is 0. The molecule has 0 spiro atoms. The first-order chi connectivity index (χ1) is 8.04. The van der Waals surface area contributed by atoms with Crippen molar-refractivity contribution in [1.29, 1.82) is 0 Å². The lowest BCUT2D eigenvalue weighted by Gasteiger charge is -2.11. The molecule has 0 fully saturated rings. The largest absolute Gasteiger partial charge is 0.396 e. The van der Waals surface area contributed by atoms with E-state index in [1.165, 1.54) is 11.3 Å². The average Bonchev–Trinajstić information content (AvgIpc) is 2.75. The van der Waals surface area contributed by atoms with Crippen molar-refractivity contribution in [2.75, 3.05) is 6.61 Å². The molecule has 0 radical (unpaired) electrons. The number of thiazole rings is 1. The van der Waals surface area contributed by atoms with Gasteiger partial charge < -0.3 is 10.4 Å². The van der Waals surface area contributed by atoms with E-state index in [0.29, 0.717) is 17.2 Å². The van der Waals surface area contributed by atoms with Crippen LogP contribution in [0.15, 0.2) is 6.20 Å². The van der Waals surface area contributed by atoms with Crippen molar-refractivity contribution < 1.29 is 9.90 Å². The number of nitrogens with zero attached hydrogens (tertiary/aromatic N) is 1. The van der Waals surface area contributed by atoms with Crippen LogP contribution in [0.25, 0.3) is 0 Å². The van der Waals surface area contributed by atoms with Gasteiger partial charge in [0.2, 0.25) is 0 Å². The molecule has 0 aliphatic rings. The fourth-order valence-corrected chi connectivity index (χ4v) is 2.25. The highest BCUT2D eigenvalue weighted by molar-refractivity contribution is 7.13. The van der Waals surface area contributed by atoms with E-state index in [-0.39, 0.29) is 18.6 Å². The van der Waals surface area contributed by atoms with E-state index in [1.807, 2.05) is 6.92 Å². The average molecular weight is 256 g/mol. The van der Waals surface area contributed by atoms with E-state index in [4.69, 9.17) is 5.11 Å². The number of rotatable bonds is 6. The molecule has 4 nitrogen and oxygen atoms in total. The van der Waals surface area contributed by atoms with E-state index in [9.17, 15) is 4.79 Å². The van der Waals surface area contributed by atoms with Gasteiger partial charge in [0, 0.05) is 18.6 Å². The Balaban J connectivity index is 2.51. The van der Waals surface area contributed by atoms with Gasteiger partial charge in [0.15, 0.2) is 0 Å². The van der Waals surface area contributed by atoms with Crippen molar-refractivity contribution in [1.82, 2.24) is 10.3 Å². The fourth-order valence-electron chi connectivity index (χ4n) is 1.42. The van der Waals surface area contributed by atoms with Gasteiger partial charge in [-0.25, -0.2) is 4.98 Å². The molecule has 96 valence electrons. The van der Waals surface area contributed by atoms with Crippen LogP contribution in [-0.2, 0) is 0 Å². The van der Waals surface area contributed by atoms with E-state index >= 15 is 0 Å². The zero-order chi connectivity index (χ0) is 12.8. The number of hydrogen-bond donors (Lipinski definition) is 2. The summed E-state index contributed by atoms with van der Waals surface area (Å²) in [6.07, 6.45) is 3.13. The highest BCUT2D eigenvalue weighted by atomic mass is 32.1. The van der Waals surface area contributed by atoms with Crippen LogP contribution < -0.4 is 5.32 Å². The summed E-state index contributed by atoms with van der Waals surface area (Å²) in [5.41, 5.74) is 0. The number of hydrogen-bond acceptors (Lipinski definition) is 4. The van der Waals surface area contributed by atoms with E-state index in [2.05, 4.69) is 24.1 Å². The first-order valence-corrected chi connectivity index (χ1v) is 6.73. The van der Waals surface area contributed by atoms with E-state index in [0.717, 1.165) is 11.4 Å². The van der Waals surface area contributed by atoms with Crippen LogP contribution in [0.2, 0.25) is 0 Å². The third-order valence-corrected chi connectivity index (χ3v) is 3.71. The van der Waals surface area contributed by atoms with Crippen molar-refractivity contribution in [3.63, 3.8) is 0 Å². The van der Waals surface area contributed by atoms with Gasteiger partial charge in [-0.3, -0.25) is 4.79 Å². The van der Waals surface area contributed by atoms with Gasteiger partial charge in [-0.15, -0.1) is 11.3 Å². The minimum atomic E-state index is -0.0696. The lowest BCUT2D eigenvalue weighted by atomic mass is 10.2. The second kappa shape index (κ2) is 6.71. The molecule has 5 heteroatoms. The number of carbonyl (C=O) groups excluding carboxylic acids is 1. The maximum absolute atomic E-state index is 11.9. The van der Waals surface area contributed by atoms with Crippen LogP contribution >= 0.6 is 11.3 Å². The zero-order valence-electron chi connectivity index (χ0n) is 10.6. The molecule has 1 aromatic rings. The van der Waals surface area contributed by atoms with Gasteiger partial charge in [0.1, 0.15) is 4.88 Å². The number of aromatic nitrogens is 1. The van der Waals surface area contributed by atoms with Crippen molar-refractivity contribution in [2.24, 2.45) is 0 Å². The normalized spacial score (nSPS) is 12.8. The Kier molecular flexibility index (Phi) is 5.58. The molecule has 1 amide bonds. The summed E-state index contributed by atoms with van der Waals surface area (Å²) in [6.45, 7) is 6.23. The SMILES string of the molecule is CC(CCCO)NC(=O)c1cnc(C(C)C)s1. The lowest BCUT2D eigenvalue weighted by Crippen LogP contribution is -2.32. The van der Waals surface area contributed by atoms with Gasteiger partial charge in [-0.2, -0.15) is 0 Å². The Morgan fingerprint density at radius 2 is 2.24 bits per heavy atom. The minimum Gasteiger partial charge on any atom is -0.396 e. The predicted molar refractivity (Wildman–Crippen MR) is 69.5 cm³/mol. The first-order valence-electron chi connectivity index (χ1n) is 5.92. The Hall–Kier alpha value is -0.940. The quantitative estimate of drug-likeness (QED) is 0.820. The molecule has 0 saturated carbocycles. The highest BCUT2D eigenvalue weighted by Gasteiger charge is 2.14. The topological polar surface area (TPSA) is 62.2 Å². The van der Waals surface area contributed by atoms with Crippen LogP contribution in [0, 0.1) is 0 Å². The van der Waals surface area contributed by atoms with Crippen LogP contribution in [-0.4, -0.2) is 28.6 Å². The number of carbonyl (C=O) groups is 1.